The average molecular weight is 430 g/mol. The molecule has 0 atom stereocenters. The van der Waals surface area contributed by atoms with Gasteiger partial charge in [0, 0.05) is 12.2 Å². The molecule has 0 aromatic carbocycles. The molecule has 1 nitrogen and oxygen atoms in total. The number of rotatable bonds is 6. The molecule has 0 aromatic rings. The number of hydrogen-bond acceptors (Lipinski definition) is 1. The molecule has 0 bridgehead atoms. The molecule has 0 spiro atoms. The minimum absolute atomic E-state index is 0.475. The predicted octanol–water partition coefficient (Wildman–Crippen LogP) is 6.73. The summed E-state index contributed by atoms with van der Waals surface area (Å²) >= 11 is 0. The van der Waals surface area contributed by atoms with Gasteiger partial charge in [0.2, 0.25) is 23.3 Å². The van der Waals surface area contributed by atoms with E-state index in [9.17, 15) is 61.5 Å². The van der Waals surface area contributed by atoms with Crippen LogP contribution in [0.3, 0.4) is 0 Å². The first kappa shape index (κ1) is 24.8. The van der Waals surface area contributed by atoms with Crippen molar-refractivity contribution in [2.75, 3.05) is 0 Å². The number of ether oxygens (including phenoxy) is 1. The average Bonchev–Trinajstić information content (AvgIpc) is 2.49. The lowest BCUT2D eigenvalue weighted by Gasteiger charge is -2.12. The minimum atomic E-state index is -6.10. The van der Waals surface area contributed by atoms with Crippen molar-refractivity contribution in [1.82, 2.24) is 0 Å². The summed E-state index contributed by atoms with van der Waals surface area (Å²) < 4.78 is 175. The summed E-state index contributed by atoms with van der Waals surface area (Å²) in [7, 11) is 0. The Labute approximate surface area is 139 Å². The fraction of sp³-hybridized carbons (Fsp3) is 0.333. The Morgan fingerprint density at radius 3 is 0.963 bits per heavy atom. The lowest BCUT2D eigenvalue weighted by molar-refractivity contribution is -0.115. The van der Waals surface area contributed by atoms with Crippen LogP contribution in [0.1, 0.15) is 0 Å². The van der Waals surface area contributed by atoms with E-state index in [1.165, 1.54) is 0 Å². The van der Waals surface area contributed by atoms with Crippen LogP contribution in [-0.4, -0.2) is 24.2 Å². The van der Waals surface area contributed by atoms with Crippen LogP contribution in [0, 0.1) is 0 Å². The molecule has 0 heterocycles. The summed E-state index contributed by atoms with van der Waals surface area (Å²) in [6.07, 6.45) is -14.9. The normalized spacial score (nSPS) is 16.7. The lowest BCUT2D eigenvalue weighted by Crippen LogP contribution is -2.20. The fourth-order valence-corrected chi connectivity index (χ4v) is 0.983. The maximum atomic E-state index is 12.9. The predicted molar refractivity (Wildman–Crippen MR) is 59.9 cm³/mol. The molecule has 0 saturated heterocycles. The van der Waals surface area contributed by atoms with Crippen molar-refractivity contribution in [1.29, 1.82) is 0 Å². The summed E-state index contributed by atoms with van der Waals surface area (Å²) in [5.41, 5.74) is 0. The number of allylic oxidation sites excluding steroid dienone is 6. The molecule has 0 aromatic heterocycles. The quantitative estimate of drug-likeness (QED) is 0.336. The molecular weight excluding hydrogens is 426 g/mol. The molecular formula is C12H4F14O. The van der Waals surface area contributed by atoms with Gasteiger partial charge in [-0.2, -0.15) is 52.7 Å². The monoisotopic (exact) mass is 430 g/mol. The molecule has 0 N–H and O–H groups in total. The van der Waals surface area contributed by atoms with E-state index in [4.69, 9.17) is 0 Å². The molecule has 0 radical (unpaired) electrons. The van der Waals surface area contributed by atoms with Crippen molar-refractivity contribution in [3.63, 3.8) is 0 Å². The van der Waals surface area contributed by atoms with Crippen molar-refractivity contribution in [2.24, 2.45) is 0 Å². The Bertz CT molecular complexity index is 590. The van der Waals surface area contributed by atoms with Gasteiger partial charge in [-0.1, -0.05) is 0 Å². The van der Waals surface area contributed by atoms with Crippen molar-refractivity contribution in [3.05, 3.63) is 48.0 Å². The zero-order valence-corrected chi connectivity index (χ0v) is 12.0. The maximum Gasteiger partial charge on any atom is 0.445 e. The van der Waals surface area contributed by atoms with Gasteiger partial charge in [0.1, 0.15) is 0 Å². The highest BCUT2D eigenvalue weighted by molar-refractivity contribution is 5.21. The smallest absolute Gasteiger partial charge is 0.445 e. The highest BCUT2D eigenvalue weighted by Crippen LogP contribution is 2.38. The van der Waals surface area contributed by atoms with E-state index in [0.717, 1.165) is 0 Å². The first-order chi connectivity index (χ1) is 11.8. The first-order valence-corrected chi connectivity index (χ1v) is 5.86. The third kappa shape index (κ3) is 7.13. The summed E-state index contributed by atoms with van der Waals surface area (Å²) in [6, 6.07) is 0. The van der Waals surface area contributed by atoms with Gasteiger partial charge in [-0.3, -0.25) is 0 Å². The molecule has 15 heteroatoms. The van der Waals surface area contributed by atoms with Crippen LogP contribution in [0.25, 0.3) is 0 Å². The van der Waals surface area contributed by atoms with E-state index in [1.54, 1.807) is 0 Å². The Hall–Kier alpha value is -2.22. The lowest BCUT2D eigenvalue weighted by atomic mass is 10.2. The summed E-state index contributed by atoms with van der Waals surface area (Å²) in [4.78, 5) is 0. The fourth-order valence-electron chi connectivity index (χ4n) is 0.983. The summed E-state index contributed by atoms with van der Waals surface area (Å²) in [5, 5.41) is 0. The minimum Gasteiger partial charge on any atom is -0.473 e. The van der Waals surface area contributed by atoms with E-state index in [-0.39, 0.29) is 0 Å². The molecule has 0 aliphatic carbocycles. The summed E-state index contributed by atoms with van der Waals surface area (Å²) in [5.74, 6) is -25.3. The summed E-state index contributed by atoms with van der Waals surface area (Å²) in [6.45, 7) is 0. The molecule has 0 aliphatic heterocycles. The third-order valence-corrected chi connectivity index (χ3v) is 2.18. The van der Waals surface area contributed by atoms with Crippen molar-refractivity contribution in [2.45, 2.75) is 24.2 Å². The van der Waals surface area contributed by atoms with Crippen LogP contribution >= 0.6 is 0 Å². The van der Waals surface area contributed by atoms with E-state index in [0.29, 0.717) is 0 Å². The van der Waals surface area contributed by atoms with Crippen molar-refractivity contribution < 1.29 is 66.2 Å². The van der Waals surface area contributed by atoms with E-state index in [1.807, 2.05) is 0 Å². The number of alkyl halides is 10. The Morgan fingerprint density at radius 1 is 0.481 bits per heavy atom. The third-order valence-electron chi connectivity index (χ3n) is 2.18. The zero-order chi connectivity index (χ0) is 21.8. The SMILES string of the molecule is FC(=C(F)C(F)(F)C=COC=CC(F)(F)C(F)=C(F)C(F)(F)F)C(F)(F)F. The van der Waals surface area contributed by atoms with Crippen LogP contribution < -0.4 is 0 Å². The molecule has 0 fully saturated rings. The second-order valence-corrected chi connectivity index (χ2v) is 4.24. The van der Waals surface area contributed by atoms with Crippen molar-refractivity contribution in [3.8, 4) is 0 Å². The van der Waals surface area contributed by atoms with Crippen LogP contribution in [0.4, 0.5) is 61.5 Å². The van der Waals surface area contributed by atoms with Gasteiger partial charge in [-0.15, -0.1) is 0 Å². The number of hydrogen-bond donors (Lipinski definition) is 0. The Morgan fingerprint density at radius 2 is 0.741 bits per heavy atom. The van der Waals surface area contributed by atoms with Gasteiger partial charge in [0.25, 0.3) is 0 Å². The van der Waals surface area contributed by atoms with Crippen molar-refractivity contribution >= 4 is 0 Å². The maximum absolute atomic E-state index is 12.9. The highest BCUT2D eigenvalue weighted by Gasteiger charge is 2.47. The standard InChI is InChI=1S/C12H4F14O/c13-5(7(15)11(21,22)23)9(17,18)1-3-27-4-2-10(19,20)6(14)8(16)12(24,25)26/h1-4H. The highest BCUT2D eigenvalue weighted by atomic mass is 19.4. The largest absolute Gasteiger partial charge is 0.473 e. The molecule has 0 aliphatic rings. The van der Waals surface area contributed by atoms with E-state index in [2.05, 4.69) is 4.74 Å². The topological polar surface area (TPSA) is 9.23 Å². The van der Waals surface area contributed by atoms with Gasteiger partial charge in [-0.25, -0.2) is 8.78 Å². The van der Waals surface area contributed by atoms with Crippen LogP contribution in [0.15, 0.2) is 48.0 Å². The van der Waals surface area contributed by atoms with Crippen LogP contribution in [0.2, 0.25) is 0 Å². The van der Waals surface area contributed by atoms with Gasteiger partial charge in [0.05, 0.1) is 12.5 Å². The van der Waals surface area contributed by atoms with Gasteiger partial charge in [0.15, 0.2) is 0 Å². The molecule has 27 heavy (non-hydrogen) atoms. The van der Waals surface area contributed by atoms with Gasteiger partial charge < -0.3 is 4.74 Å². The van der Waals surface area contributed by atoms with Crippen LogP contribution in [-0.2, 0) is 4.74 Å². The molecule has 0 amide bonds. The van der Waals surface area contributed by atoms with E-state index >= 15 is 0 Å². The van der Waals surface area contributed by atoms with E-state index < -0.39 is 72.2 Å². The molecule has 0 rings (SSSR count). The molecule has 0 saturated carbocycles. The first-order valence-electron chi connectivity index (χ1n) is 5.86. The zero-order valence-electron chi connectivity index (χ0n) is 12.0. The number of halogens is 14. The van der Waals surface area contributed by atoms with Crippen LogP contribution in [0.5, 0.6) is 0 Å². The second kappa shape index (κ2) is 8.21. The molecule has 156 valence electrons. The molecule has 0 unspecified atom stereocenters. The Kier molecular flexibility index (Phi) is 7.53. The Balaban J connectivity index is 5.26. The van der Waals surface area contributed by atoms with Gasteiger partial charge >= 0.3 is 24.2 Å². The second-order valence-electron chi connectivity index (χ2n) is 4.24. The van der Waals surface area contributed by atoms with Gasteiger partial charge in [-0.05, 0) is 0 Å².